The summed E-state index contributed by atoms with van der Waals surface area (Å²) >= 11 is 0. The number of ether oxygens (including phenoxy) is 1. The maximum atomic E-state index is 13.3. The Balaban J connectivity index is 1.27. The van der Waals surface area contributed by atoms with Gasteiger partial charge in [0.1, 0.15) is 17.5 Å². The van der Waals surface area contributed by atoms with E-state index in [4.69, 9.17) is 10.5 Å². The van der Waals surface area contributed by atoms with Crippen molar-refractivity contribution in [3.05, 3.63) is 36.2 Å². The van der Waals surface area contributed by atoms with Gasteiger partial charge in [-0.2, -0.15) is 4.98 Å². The number of halogens is 2. The molecule has 2 aliphatic carbocycles. The third-order valence-electron chi connectivity index (χ3n) is 6.05. The molecule has 0 radical (unpaired) electrons. The van der Waals surface area contributed by atoms with Crippen LogP contribution in [-0.2, 0) is 0 Å². The first kappa shape index (κ1) is 22.2. The fourth-order valence-electron chi connectivity index (χ4n) is 4.24. The third-order valence-corrected chi connectivity index (χ3v) is 6.05. The largest absolute Gasteiger partial charge is 0.474 e. The topological polar surface area (TPSA) is 115 Å². The normalized spacial score (nSPS) is 23.3. The molecule has 0 aliphatic heterocycles. The predicted molar refractivity (Wildman–Crippen MR) is 116 cm³/mol. The second-order valence-corrected chi connectivity index (χ2v) is 8.50. The van der Waals surface area contributed by atoms with Gasteiger partial charge < -0.3 is 21.1 Å². The number of pyridine rings is 1. The van der Waals surface area contributed by atoms with E-state index in [9.17, 15) is 13.6 Å². The lowest BCUT2D eigenvalue weighted by Crippen LogP contribution is -2.33. The van der Waals surface area contributed by atoms with E-state index in [1.54, 1.807) is 30.6 Å². The molecule has 4 N–H and O–H groups in total. The molecule has 0 unspecified atom stereocenters. The molecule has 8 nitrogen and oxygen atoms in total. The lowest BCUT2D eigenvalue weighted by Gasteiger charge is -2.30. The van der Waals surface area contributed by atoms with E-state index in [-0.39, 0.29) is 42.5 Å². The first-order valence-electron chi connectivity index (χ1n) is 11.0. The van der Waals surface area contributed by atoms with Gasteiger partial charge in [0, 0.05) is 37.3 Å². The number of nitrogens with two attached hydrogens (primary N) is 1. The van der Waals surface area contributed by atoms with Crippen LogP contribution < -0.4 is 21.1 Å². The van der Waals surface area contributed by atoms with Crippen LogP contribution >= 0.6 is 0 Å². The molecule has 172 valence electrons. The molecule has 2 heterocycles. The second-order valence-electron chi connectivity index (χ2n) is 8.50. The van der Waals surface area contributed by atoms with Crippen molar-refractivity contribution >= 4 is 17.7 Å². The van der Waals surface area contributed by atoms with Crippen molar-refractivity contribution in [1.82, 2.24) is 15.0 Å². The van der Waals surface area contributed by atoms with Gasteiger partial charge in [0.15, 0.2) is 0 Å². The van der Waals surface area contributed by atoms with Crippen LogP contribution in [0, 0.1) is 0 Å². The molecule has 0 spiro atoms. The number of hydrogen-bond donors (Lipinski definition) is 3. The van der Waals surface area contributed by atoms with E-state index in [1.807, 2.05) is 0 Å². The van der Waals surface area contributed by atoms with Gasteiger partial charge in [0.2, 0.25) is 17.8 Å². The van der Waals surface area contributed by atoms with Crippen molar-refractivity contribution in [2.24, 2.45) is 5.73 Å². The average molecular weight is 447 g/mol. The molecule has 1 amide bonds. The minimum atomic E-state index is -2.54. The molecule has 2 aliphatic rings. The van der Waals surface area contributed by atoms with Crippen molar-refractivity contribution in [1.29, 1.82) is 0 Å². The molecule has 2 fully saturated rings. The summed E-state index contributed by atoms with van der Waals surface area (Å²) < 4.78 is 32.6. The third kappa shape index (κ3) is 5.80. The highest BCUT2D eigenvalue weighted by atomic mass is 19.3. The number of amides is 1. The van der Waals surface area contributed by atoms with Crippen molar-refractivity contribution in [3.63, 3.8) is 0 Å². The fraction of sp³-hybridized carbons (Fsp3) is 0.545. The Morgan fingerprint density at radius 2 is 1.72 bits per heavy atom. The van der Waals surface area contributed by atoms with Crippen molar-refractivity contribution in [3.8, 4) is 5.88 Å². The molecule has 0 bridgehead atoms. The Kier molecular flexibility index (Phi) is 6.66. The van der Waals surface area contributed by atoms with Crippen LogP contribution in [0.25, 0.3) is 0 Å². The summed E-state index contributed by atoms with van der Waals surface area (Å²) in [6, 6.07) is 5.21. The van der Waals surface area contributed by atoms with Crippen LogP contribution in [0.4, 0.5) is 20.5 Å². The Morgan fingerprint density at radius 1 is 1.00 bits per heavy atom. The maximum Gasteiger partial charge on any atom is 0.254 e. The molecule has 2 aromatic heterocycles. The Labute approximate surface area is 185 Å². The van der Waals surface area contributed by atoms with Gasteiger partial charge in [-0.15, -0.1) is 0 Å². The summed E-state index contributed by atoms with van der Waals surface area (Å²) in [5, 5.41) is 6.61. The van der Waals surface area contributed by atoms with E-state index in [2.05, 4.69) is 25.6 Å². The number of anilines is 2. The van der Waals surface area contributed by atoms with E-state index >= 15 is 0 Å². The highest BCUT2D eigenvalue weighted by Gasteiger charge is 2.35. The standard InChI is InChI=1S/C22H28F2N6O2/c23-22(24)10-7-15(8-11-22)28-18-9-13-27-21(30-18)29-14-3-5-16(6-4-14)32-20-17(19(25)31)2-1-12-26-20/h1-2,9,12-16H,3-8,10-11H2,(H2,25,31)(H2,27,28,29,30). The minimum Gasteiger partial charge on any atom is -0.474 e. The summed E-state index contributed by atoms with van der Waals surface area (Å²) in [5.74, 6) is -1.67. The molecule has 0 atom stereocenters. The molecule has 10 heteroatoms. The smallest absolute Gasteiger partial charge is 0.254 e. The van der Waals surface area contributed by atoms with Crippen molar-refractivity contribution in [2.45, 2.75) is 75.5 Å². The number of nitrogens with zero attached hydrogens (tertiary/aromatic N) is 3. The number of rotatable bonds is 7. The number of hydrogen-bond acceptors (Lipinski definition) is 7. The zero-order chi connectivity index (χ0) is 22.6. The number of carbonyl (C=O) groups excluding carboxylic acids is 1. The summed E-state index contributed by atoms with van der Waals surface area (Å²) in [7, 11) is 0. The highest BCUT2D eigenvalue weighted by molar-refractivity contribution is 5.94. The lowest BCUT2D eigenvalue weighted by atomic mass is 9.92. The molecule has 0 aromatic carbocycles. The summed E-state index contributed by atoms with van der Waals surface area (Å²) in [5.41, 5.74) is 5.67. The first-order chi connectivity index (χ1) is 15.4. The SMILES string of the molecule is NC(=O)c1cccnc1OC1CCC(Nc2nccc(NC3CCC(F)(F)CC3)n2)CC1. The van der Waals surface area contributed by atoms with Crippen LogP contribution in [-0.4, -0.2) is 45.0 Å². The van der Waals surface area contributed by atoms with E-state index in [0.29, 0.717) is 24.6 Å². The minimum absolute atomic E-state index is 0.00171. The fourth-order valence-corrected chi connectivity index (χ4v) is 4.24. The number of nitrogens with one attached hydrogen (secondary N) is 2. The van der Waals surface area contributed by atoms with Crippen LogP contribution in [0.2, 0.25) is 0 Å². The van der Waals surface area contributed by atoms with Gasteiger partial charge in [-0.1, -0.05) is 0 Å². The molecule has 32 heavy (non-hydrogen) atoms. The van der Waals surface area contributed by atoms with Crippen LogP contribution in [0.15, 0.2) is 30.6 Å². The summed E-state index contributed by atoms with van der Waals surface area (Å²) in [6.45, 7) is 0. The Morgan fingerprint density at radius 3 is 2.44 bits per heavy atom. The van der Waals surface area contributed by atoms with Gasteiger partial charge in [-0.3, -0.25) is 4.79 Å². The second kappa shape index (κ2) is 9.62. The average Bonchev–Trinajstić information content (AvgIpc) is 2.77. The quantitative estimate of drug-likeness (QED) is 0.593. The van der Waals surface area contributed by atoms with Crippen molar-refractivity contribution in [2.75, 3.05) is 10.6 Å². The maximum absolute atomic E-state index is 13.3. The highest BCUT2D eigenvalue weighted by Crippen LogP contribution is 2.34. The van der Waals surface area contributed by atoms with E-state index < -0.39 is 11.8 Å². The van der Waals surface area contributed by atoms with E-state index in [1.165, 1.54) is 0 Å². The van der Waals surface area contributed by atoms with Gasteiger partial charge >= 0.3 is 0 Å². The van der Waals surface area contributed by atoms with Gasteiger partial charge in [-0.05, 0) is 56.7 Å². The predicted octanol–water partition coefficient (Wildman–Crippen LogP) is 3.76. The number of aromatic nitrogens is 3. The van der Waals surface area contributed by atoms with Crippen LogP contribution in [0.3, 0.4) is 0 Å². The molecule has 2 aromatic rings. The zero-order valence-corrected chi connectivity index (χ0v) is 17.8. The van der Waals surface area contributed by atoms with Gasteiger partial charge in [-0.25, -0.2) is 18.7 Å². The number of carbonyl (C=O) groups is 1. The number of primary amides is 1. The van der Waals surface area contributed by atoms with Gasteiger partial charge in [0.05, 0.1) is 0 Å². The molecule has 4 rings (SSSR count). The van der Waals surface area contributed by atoms with Crippen LogP contribution in [0.1, 0.15) is 61.7 Å². The van der Waals surface area contributed by atoms with E-state index in [0.717, 1.165) is 25.7 Å². The monoisotopic (exact) mass is 446 g/mol. The summed E-state index contributed by atoms with van der Waals surface area (Å²) in [4.78, 5) is 24.5. The van der Waals surface area contributed by atoms with Crippen molar-refractivity contribution < 1.29 is 18.3 Å². The Bertz CT molecular complexity index is 926. The van der Waals surface area contributed by atoms with Crippen LogP contribution in [0.5, 0.6) is 5.88 Å². The molecular weight excluding hydrogens is 418 g/mol. The van der Waals surface area contributed by atoms with Gasteiger partial charge in [0.25, 0.3) is 5.91 Å². The zero-order valence-electron chi connectivity index (χ0n) is 17.8. The number of alkyl halides is 2. The summed E-state index contributed by atoms with van der Waals surface area (Å²) in [6.07, 6.45) is 7.15. The first-order valence-corrected chi connectivity index (χ1v) is 11.0. The molecular formula is C22H28F2N6O2. The Hall–Kier alpha value is -3.04. The molecule has 2 saturated carbocycles. The molecule has 0 saturated heterocycles. The lowest BCUT2D eigenvalue weighted by molar-refractivity contribution is -0.0361.